The minimum absolute atomic E-state index is 0.0315. The molecule has 0 radical (unpaired) electrons. The number of amides is 1. The van der Waals surface area contributed by atoms with Crippen molar-refractivity contribution in [3.05, 3.63) is 53.6 Å². The first-order valence-electron chi connectivity index (χ1n) is 9.00. The zero-order chi connectivity index (χ0) is 19.4. The van der Waals surface area contributed by atoms with E-state index in [9.17, 15) is 13.2 Å². The molecule has 2 aromatic rings. The second-order valence-corrected chi connectivity index (χ2v) is 8.48. The first kappa shape index (κ1) is 19.4. The van der Waals surface area contributed by atoms with E-state index >= 15 is 0 Å². The van der Waals surface area contributed by atoms with Gasteiger partial charge in [-0.25, -0.2) is 8.42 Å². The van der Waals surface area contributed by atoms with E-state index in [1.54, 1.807) is 31.4 Å². The lowest BCUT2D eigenvalue weighted by Crippen LogP contribution is -2.36. The highest BCUT2D eigenvalue weighted by Gasteiger charge is 2.28. The van der Waals surface area contributed by atoms with Crippen LogP contribution in [-0.2, 0) is 27.8 Å². The summed E-state index contributed by atoms with van der Waals surface area (Å²) < 4.78 is 32.5. The number of nitrogens with one attached hydrogen (secondary N) is 1. The van der Waals surface area contributed by atoms with Gasteiger partial charge in [0.2, 0.25) is 15.9 Å². The number of benzene rings is 2. The van der Waals surface area contributed by atoms with Crippen molar-refractivity contribution in [1.29, 1.82) is 0 Å². The third-order valence-electron chi connectivity index (χ3n) is 4.64. The van der Waals surface area contributed by atoms with E-state index in [1.165, 1.54) is 4.31 Å². The van der Waals surface area contributed by atoms with Crippen LogP contribution in [-0.4, -0.2) is 32.3 Å². The Labute approximate surface area is 160 Å². The highest BCUT2D eigenvalue weighted by Crippen LogP contribution is 2.28. The molecule has 1 aliphatic rings. The molecule has 1 aliphatic heterocycles. The van der Waals surface area contributed by atoms with Crippen molar-refractivity contribution >= 4 is 21.6 Å². The summed E-state index contributed by atoms with van der Waals surface area (Å²) in [6.07, 6.45) is 1.90. The Bertz CT molecular complexity index is 923. The predicted molar refractivity (Wildman–Crippen MR) is 104 cm³/mol. The van der Waals surface area contributed by atoms with Crippen LogP contribution < -0.4 is 10.1 Å². The van der Waals surface area contributed by atoms with Crippen LogP contribution in [0.25, 0.3) is 0 Å². The standard InChI is InChI=1S/C20H24N2O4S/c1-3-4-20(23)21-17-6-5-15-11-12-22(14-16(15)13-17)27(24,25)19-9-7-18(26-2)8-10-19/h5-10,13H,3-4,11-12,14H2,1-2H3,(H,21,23). The van der Waals surface area contributed by atoms with Crippen LogP contribution in [0.4, 0.5) is 5.69 Å². The molecule has 0 spiro atoms. The molecule has 3 rings (SSSR count). The molecule has 0 saturated carbocycles. The Morgan fingerprint density at radius 2 is 1.89 bits per heavy atom. The first-order valence-corrected chi connectivity index (χ1v) is 10.4. The van der Waals surface area contributed by atoms with E-state index in [0.717, 1.165) is 17.5 Å². The van der Waals surface area contributed by atoms with Crippen LogP contribution in [0.1, 0.15) is 30.9 Å². The molecule has 0 atom stereocenters. The van der Waals surface area contributed by atoms with Gasteiger partial charge in [0.25, 0.3) is 0 Å². The molecule has 0 fully saturated rings. The van der Waals surface area contributed by atoms with Gasteiger partial charge < -0.3 is 10.1 Å². The Hall–Kier alpha value is -2.38. The quantitative estimate of drug-likeness (QED) is 0.825. The Balaban J connectivity index is 1.80. The molecule has 1 N–H and O–H groups in total. The van der Waals surface area contributed by atoms with E-state index in [2.05, 4.69) is 5.32 Å². The topological polar surface area (TPSA) is 75.7 Å². The molecule has 2 aromatic carbocycles. The fraction of sp³-hybridized carbons (Fsp3) is 0.350. The van der Waals surface area contributed by atoms with E-state index in [1.807, 2.05) is 25.1 Å². The van der Waals surface area contributed by atoms with Crippen molar-refractivity contribution in [2.45, 2.75) is 37.6 Å². The molecule has 0 aliphatic carbocycles. The number of fused-ring (bicyclic) bond motifs is 1. The Morgan fingerprint density at radius 3 is 2.56 bits per heavy atom. The fourth-order valence-corrected chi connectivity index (χ4v) is 4.58. The SMILES string of the molecule is CCCC(=O)Nc1ccc2c(c1)CN(S(=O)(=O)c1ccc(OC)cc1)CC2. The number of hydrogen-bond acceptors (Lipinski definition) is 4. The maximum atomic E-state index is 13.0. The van der Waals surface area contributed by atoms with Crippen LogP contribution >= 0.6 is 0 Å². The van der Waals surface area contributed by atoms with Crippen molar-refractivity contribution in [3.63, 3.8) is 0 Å². The number of nitrogens with zero attached hydrogens (tertiary/aromatic N) is 1. The van der Waals surface area contributed by atoms with Crippen LogP contribution in [0.3, 0.4) is 0 Å². The normalized spacial score (nSPS) is 14.4. The van der Waals surface area contributed by atoms with Crippen molar-refractivity contribution in [2.75, 3.05) is 19.0 Å². The van der Waals surface area contributed by atoms with Gasteiger partial charge in [0.15, 0.2) is 0 Å². The van der Waals surface area contributed by atoms with Crippen LogP contribution in [0.15, 0.2) is 47.4 Å². The van der Waals surface area contributed by atoms with E-state index in [4.69, 9.17) is 4.74 Å². The molecule has 1 amide bonds. The van der Waals surface area contributed by atoms with Gasteiger partial charge in [-0.3, -0.25) is 4.79 Å². The number of anilines is 1. The second kappa shape index (κ2) is 8.10. The van der Waals surface area contributed by atoms with Gasteiger partial charge in [-0.1, -0.05) is 13.0 Å². The number of methoxy groups -OCH3 is 1. The molecule has 0 bridgehead atoms. The average molecular weight is 388 g/mol. The summed E-state index contributed by atoms with van der Waals surface area (Å²) in [4.78, 5) is 12.1. The molecule has 0 unspecified atom stereocenters. The van der Waals surface area contributed by atoms with Gasteiger partial charge >= 0.3 is 0 Å². The molecule has 0 aromatic heterocycles. The van der Waals surface area contributed by atoms with Crippen molar-refractivity contribution in [1.82, 2.24) is 4.31 Å². The maximum Gasteiger partial charge on any atom is 0.243 e. The van der Waals surface area contributed by atoms with Gasteiger partial charge in [-0.15, -0.1) is 0 Å². The highest BCUT2D eigenvalue weighted by molar-refractivity contribution is 7.89. The third-order valence-corrected chi connectivity index (χ3v) is 6.50. The smallest absolute Gasteiger partial charge is 0.243 e. The van der Waals surface area contributed by atoms with Gasteiger partial charge in [0.1, 0.15) is 5.75 Å². The number of rotatable bonds is 6. The van der Waals surface area contributed by atoms with Crippen LogP contribution in [0.5, 0.6) is 5.75 Å². The summed E-state index contributed by atoms with van der Waals surface area (Å²) >= 11 is 0. The summed E-state index contributed by atoms with van der Waals surface area (Å²) in [7, 11) is -2.04. The van der Waals surface area contributed by atoms with Crippen LogP contribution in [0.2, 0.25) is 0 Å². The lowest BCUT2D eigenvalue weighted by atomic mass is 10.0. The minimum Gasteiger partial charge on any atom is -0.497 e. The van der Waals surface area contributed by atoms with Crippen LogP contribution in [0, 0.1) is 0 Å². The summed E-state index contributed by atoms with van der Waals surface area (Å²) in [5, 5.41) is 2.87. The predicted octanol–water partition coefficient (Wildman–Crippen LogP) is 3.18. The summed E-state index contributed by atoms with van der Waals surface area (Å²) in [5.74, 6) is 0.585. The average Bonchev–Trinajstić information content (AvgIpc) is 2.67. The maximum absolute atomic E-state index is 13.0. The van der Waals surface area contributed by atoms with Crippen molar-refractivity contribution in [2.24, 2.45) is 0 Å². The first-order chi connectivity index (χ1) is 12.9. The van der Waals surface area contributed by atoms with Gasteiger partial charge in [-0.2, -0.15) is 4.31 Å². The van der Waals surface area contributed by atoms with Crippen molar-refractivity contribution < 1.29 is 17.9 Å². The molecule has 0 saturated heterocycles. The lowest BCUT2D eigenvalue weighted by Gasteiger charge is -2.28. The van der Waals surface area contributed by atoms with Crippen molar-refractivity contribution in [3.8, 4) is 5.75 Å². The molecule has 6 nitrogen and oxygen atoms in total. The molecular weight excluding hydrogens is 364 g/mol. The summed E-state index contributed by atoms with van der Waals surface area (Å²) in [6, 6.07) is 12.1. The number of sulfonamides is 1. The lowest BCUT2D eigenvalue weighted by molar-refractivity contribution is -0.116. The third kappa shape index (κ3) is 4.31. The molecule has 7 heteroatoms. The largest absolute Gasteiger partial charge is 0.497 e. The number of hydrogen-bond donors (Lipinski definition) is 1. The van der Waals surface area contributed by atoms with E-state index in [-0.39, 0.29) is 10.8 Å². The van der Waals surface area contributed by atoms with Gasteiger partial charge in [-0.05, 0) is 60.4 Å². The van der Waals surface area contributed by atoms with E-state index in [0.29, 0.717) is 37.4 Å². The summed E-state index contributed by atoms with van der Waals surface area (Å²) in [5.41, 5.74) is 2.74. The molecular formula is C20H24N2O4S. The molecule has 144 valence electrons. The zero-order valence-electron chi connectivity index (χ0n) is 15.6. The second-order valence-electron chi connectivity index (χ2n) is 6.55. The Morgan fingerprint density at radius 1 is 1.15 bits per heavy atom. The van der Waals surface area contributed by atoms with Gasteiger partial charge in [0, 0.05) is 25.2 Å². The fourth-order valence-electron chi connectivity index (χ4n) is 3.16. The monoisotopic (exact) mass is 388 g/mol. The Kier molecular flexibility index (Phi) is 5.82. The molecule has 27 heavy (non-hydrogen) atoms. The van der Waals surface area contributed by atoms with Gasteiger partial charge in [0.05, 0.1) is 12.0 Å². The zero-order valence-corrected chi connectivity index (χ0v) is 16.4. The highest BCUT2D eigenvalue weighted by atomic mass is 32.2. The molecule has 1 heterocycles. The number of carbonyl (C=O) groups is 1. The summed E-state index contributed by atoms with van der Waals surface area (Å²) in [6.45, 7) is 2.68. The number of ether oxygens (including phenoxy) is 1. The van der Waals surface area contributed by atoms with E-state index < -0.39 is 10.0 Å². The minimum atomic E-state index is -3.58. The number of carbonyl (C=O) groups excluding carboxylic acids is 1.